The number of carbonyl (C=O) groups is 2. The van der Waals surface area contributed by atoms with Crippen LogP contribution in [-0.2, 0) is 4.79 Å². The van der Waals surface area contributed by atoms with Crippen LogP contribution in [0.1, 0.15) is 35.9 Å². The maximum absolute atomic E-state index is 12.5. The van der Waals surface area contributed by atoms with Crippen LogP contribution in [0, 0.1) is 5.92 Å². The zero-order valence-corrected chi connectivity index (χ0v) is 13.2. The first-order valence-electron chi connectivity index (χ1n) is 7.45. The lowest BCUT2D eigenvalue weighted by Gasteiger charge is -2.34. The summed E-state index contributed by atoms with van der Waals surface area (Å²) in [6.07, 6.45) is 2.68. The molecule has 1 fully saturated rings. The van der Waals surface area contributed by atoms with Crippen molar-refractivity contribution in [2.75, 3.05) is 19.6 Å². The van der Waals surface area contributed by atoms with Crippen LogP contribution in [-0.4, -0.2) is 42.4 Å². The fraction of sp³-hybridized carbons (Fsp3) is 0.600. The van der Waals surface area contributed by atoms with Crippen molar-refractivity contribution in [2.45, 2.75) is 32.2 Å². The second-order valence-electron chi connectivity index (χ2n) is 5.57. The molecule has 0 radical (unpaired) electrons. The van der Waals surface area contributed by atoms with Gasteiger partial charge in [-0.05, 0) is 43.2 Å². The Kier molecular flexibility index (Phi) is 5.76. The first-order chi connectivity index (χ1) is 10.1. The van der Waals surface area contributed by atoms with Crippen molar-refractivity contribution in [2.24, 2.45) is 11.7 Å². The molecule has 0 aliphatic carbocycles. The number of nitrogens with one attached hydrogen (secondary N) is 1. The molecule has 1 aromatic heterocycles. The van der Waals surface area contributed by atoms with Crippen LogP contribution < -0.4 is 11.1 Å². The van der Waals surface area contributed by atoms with Crippen molar-refractivity contribution in [3.63, 3.8) is 0 Å². The molecule has 1 saturated heterocycles. The molecule has 5 nitrogen and oxygen atoms in total. The van der Waals surface area contributed by atoms with Gasteiger partial charge >= 0.3 is 0 Å². The van der Waals surface area contributed by atoms with Crippen LogP contribution in [0.15, 0.2) is 17.5 Å². The van der Waals surface area contributed by atoms with Crippen LogP contribution in [0.3, 0.4) is 0 Å². The third kappa shape index (κ3) is 4.04. The summed E-state index contributed by atoms with van der Waals surface area (Å²) in [5.74, 6) is 0.163. The SMILES string of the molecule is CC(CN)CNC(=O)C1CCCCN1C(=O)c1cccs1. The maximum atomic E-state index is 12.5. The van der Waals surface area contributed by atoms with E-state index in [9.17, 15) is 9.59 Å². The van der Waals surface area contributed by atoms with Crippen molar-refractivity contribution in [3.8, 4) is 0 Å². The Balaban J connectivity index is 2.01. The molecule has 2 atom stereocenters. The summed E-state index contributed by atoms with van der Waals surface area (Å²) in [5.41, 5.74) is 5.56. The molecule has 1 aliphatic heterocycles. The largest absolute Gasteiger partial charge is 0.354 e. The Hall–Kier alpha value is -1.40. The molecule has 1 aliphatic rings. The lowest BCUT2D eigenvalue weighted by atomic mass is 10.0. The van der Waals surface area contributed by atoms with Gasteiger partial charge in [0.1, 0.15) is 6.04 Å². The van der Waals surface area contributed by atoms with E-state index >= 15 is 0 Å². The van der Waals surface area contributed by atoms with E-state index in [2.05, 4.69) is 5.32 Å². The standard InChI is InChI=1S/C15H23N3O2S/c1-11(9-16)10-17-14(19)12-5-2-3-7-18(12)15(20)13-6-4-8-21-13/h4,6,8,11-12H,2-3,5,7,9-10,16H2,1H3,(H,17,19). The number of nitrogens with two attached hydrogens (primary N) is 1. The summed E-state index contributed by atoms with van der Waals surface area (Å²) in [4.78, 5) is 27.3. The van der Waals surface area contributed by atoms with E-state index in [4.69, 9.17) is 5.73 Å². The Bertz CT molecular complexity index is 475. The number of hydrogen-bond donors (Lipinski definition) is 2. The second kappa shape index (κ2) is 7.56. The highest BCUT2D eigenvalue weighted by atomic mass is 32.1. The van der Waals surface area contributed by atoms with Gasteiger partial charge in [-0.2, -0.15) is 0 Å². The number of piperidine rings is 1. The van der Waals surface area contributed by atoms with E-state index < -0.39 is 0 Å². The van der Waals surface area contributed by atoms with Gasteiger partial charge in [0.2, 0.25) is 5.91 Å². The van der Waals surface area contributed by atoms with Crippen molar-refractivity contribution in [1.82, 2.24) is 10.2 Å². The van der Waals surface area contributed by atoms with Crippen molar-refractivity contribution >= 4 is 23.2 Å². The first kappa shape index (κ1) is 16.0. The van der Waals surface area contributed by atoms with E-state index in [-0.39, 0.29) is 23.8 Å². The molecule has 3 N–H and O–H groups in total. The molecule has 2 unspecified atom stereocenters. The van der Waals surface area contributed by atoms with E-state index in [1.54, 1.807) is 4.90 Å². The summed E-state index contributed by atoms with van der Waals surface area (Å²) < 4.78 is 0. The van der Waals surface area contributed by atoms with Crippen LogP contribution in [0.5, 0.6) is 0 Å². The molecular weight excluding hydrogens is 286 g/mol. The number of thiophene rings is 1. The van der Waals surface area contributed by atoms with Gasteiger partial charge in [0, 0.05) is 13.1 Å². The average Bonchev–Trinajstić information content (AvgIpc) is 3.05. The molecule has 2 heterocycles. The average molecular weight is 309 g/mol. The van der Waals surface area contributed by atoms with Gasteiger partial charge in [-0.15, -0.1) is 11.3 Å². The highest BCUT2D eigenvalue weighted by molar-refractivity contribution is 7.12. The van der Waals surface area contributed by atoms with Crippen molar-refractivity contribution in [1.29, 1.82) is 0 Å². The minimum atomic E-state index is -0.349. The topological polar surface area (TPSA) is 75.4 Å². The third-order valence-electron chi connectivity index (χ3n) is 3.83. The molecule has 2 rings (SSSR count). The van der Waals surface area contributed by atoms with Crippen LogP contribution in [0.4, 0.5) is 0 Å². The molecule has 116 valence electrons. The lowest BCUT2D eigenvalue weighted by molar-refractivity contribution is -0.126. The van der Waals surface area contributed by atoms with Crippen LogP contribution in [0.2, 0.25) is 0 Å². The summed E-state index contributed by atoms with van der Waals surface area (Å²) in [5, 5.41) is 4.81. The van der Waals surface area contributed by atoms with Crippen LogP contribution >= 0.6 is 11.3 Å². The molecule has 0 spiro atoms. The monoisotopic (exact) mass is 309 g/mol. The van der Waals surface area contributed by atoms with Gasteiger partial charge in [-0.3, -0.25) is 9.59 Å². The van der Waals surface area contributed by atoms with Gasteiger partial charge in [-0.1, -0.05) is 13.0 Å². The molecule has 2 amide bonds. The highest BCUT2D eigenvalue weighted by Gasteiger charge is 2.32. The molecule has 0 saturated carbocycles. The van der Waals surface area contributed by atoms with E-state index in [1.165, 1.54) is 11.3 Å². The van der Waals surface area contributed by atoms with E-state index in [0.29, 0.717) is 24.5 Å². The molecule has 1 aromatic rings. The Labute approximate surface area is 129 Å². The van der Waals surface area contributed by atoms with E-state index in [1.807, 2.05) is 24.4 Å². The zero-order chi connectivity index (χ0) is 15.2. The number of rotatable bonds is 5. The first-order valence-corrected chi connectivity index (χ1v) is 8.33. The molecule has 0 aromatic carbocycles. The molecule has 21 heavy (non-hydrogen) atoms. The number of hydrogen-bond acceptors (Lipinski definition) is 4. The van der Waals surface area contributed by atoms with Gasteiger partial charge < -0.3 is 16.0 Å². The minimum absolute atomic E-state index is 0.0308. The zero-order valence-electron chi connectivity index (χ0n) is 12.4. The highest BCUT2D eigenvalue weighted by Crippen LogP contribution is 2.21. The van der Waals surface area contributed by atoms with Gasteiger partial charge in [0.25, 0.3) is 5.91 Å². The third-order valence-corrected chi connectivity index (χ3v) is 4.68. The van der Waals surface area contributed by atoms with E-state index in [0.717, 1.165) is 19.3 Å². The van der Waals surface area contributed by atoms with Gasteiger partial charge in [-0.25, -0.2) is 0 Å². The van der Waals surface area contributed by atoms with Crippen molar-refractivity contribution in [3.05, 3.63) is 22.4 Å². The lowest BCUT2D eigenvalue weighted by Crippen LogP contribution is -2.52. The predicted molar refractivity (Wildman–Crippen MR) is 84.2 cm³/mol. The predicted octanol–water partition coefficient (Wildman–Crippen LogP) is 1.45. The van der Waals surface area contributed by atoms with Crippen LogP contribution in [0.25, 0.3) is 0 Å². The molecular formula is C15H23N3O2S. The molecule has 6 heteroatoms. The smallest absolute Gasteiger partial charge is 0.264 e. The summed E-state index contributed by atoms with van der Waals surface area (Å²) in [6, 6.07) is 3.32. The normalized spacial score (nSPS) is 20.1. The Morgan fingerprint density at radius 3 is 3.00 bits per heavy atom. The minimum Gasteiger partial charge on any atom is -0.354 e. The summed E-state index contributed by atoms with van der Waals surface area (Å²) in [7, 11) is 0. The van der Waals surface area contributed by atoms with Gasteiger partial charge in [0.05, 0.1) is 4.88 Å². The Morgan fingerprint density at radius 1 is 1.52 bits per heavy atom. The number of likely N-dealkylation sites (tertiary alicyclic amines) is 1. The number of carbonyl (C=O) groups excluding carboxylic acids is 2. The quantitative estimate of drug-likeness (QED) is 0.864. The van der Waals surface area contributed by atoms with Gasteiger partial charge in [0.15, 0.2) is 0 Å². The number of nitrogens with zero attached hydrogens (tertiary/aromatic N) is 1. The fourth-order valence-corrected chi connectivity index (χ4v) is 3.14. The second-order valence-corrected chi connectivity index (χ2v) is 6.52. The maximum Gasteiger partial charge on any atom is 0.264 e. The Morgan fingerprint density at radius 2 is 2.33 bits per heavy atom. The van der Waals surface area contributed by atoms with Crippen molar-refractivity contribution < 1.29 is 9.59 Å². The fourth-order valence-electron chi connectivity index (χ4n) is 2.46. The summed E-state index contributed by atoms with van der Waals surface area (Å²) >= 11 is 1.42. The summed E-state index contributed by atoms with van der Waals surface area (Å²) in [6.45, 7) is 3.76. The number of amides is 2. The molecule has 0 bridgehead atoms.